The van der Waals surface area contributed by atoms with Gasteiger partial charge in [0.2, 0.25) is 0 Å². The first kappa shape index (κ1) is 14.5. The van der Waals surface area contributed by atoms with Gasteiger partial charge in [0.25, 0.3) is 12.4 Å². The number of aliphatic hydroxyl groups excluding tert-OH is 1. The largest absolute Gasteiger partial charge is 0.346 e. The predicted octanol–water partition coefficient (Wildman–Crippen LogP) is 2.46. The molecule has 21 heavy (non-hydrogen) atoms. The number of aromatic nitrogens is 2. The molecule has 5 nitrogen and oxygen atoms in total. The molecular weight excluding hydrogens is 306 g/mol. The smallest absolute Gasteiger partial charge is 0.295 e. The summed E-state index contributed by atoms with van der Waals surface area (Å²) >= 11 is 5.83. The Morgan fingerprint density at radius 1 is 1.29 bits per heavy atom. The number of para-hydroxylation sites is 2. The Hall–Kier alpha value is -1.41. The van der Waals surface area contributed by atoms with E-state index >= 15 is 0 Å². The number of aliphatic hydroxyl groups is 1. The Labute approximate surface area is 123 Å². The van der Waals surface area contributed by atoms with Gasteiger partial charge in [-0.25, -0.2) is 9.97 Å². The number of alkyl halides is 2. The van der Waals surface area contributed by atoms with Crippen molar-refractivity contribution in [2.24, 2.45) is 0 Å². The molecule has 0 radical (unpaired) electrons. The molecule has 8 heteroatoms. The van der Waals surface area contributed by atoms with Crippen molar-refractivity contribution in [3.63, 3.8) is 0 Å². The van der Waals surface area contributed by atoms with Crippen molar-refractivity contribution < 1.29 is 23.4 Å². The fourth-order valence-corrected chi connectivity index (χ4v) is 2.41. The quantitative estimate of drug-likeness (QED) is 0.942. The molecule has 2 atom stereocenters. The molecule has 3 rings (SSSR count). The maximum Gasteiger partial charge on any atom is 0.295 e. The van der Waals surface area contributed by atoms with E-state index in [-0.39, 0.29) is 11.8 Å². The minimum absolute atomic E-state index is 0.116. The van der Waals surface area contributed by atoms with E-state index in [0.29, 0.717) is 11.0 Å². The monoisotopic (exact) mass is 316 g/mol. The molecule has 1 aromatic heterocycles. The van der Waals surface area contributed by atoms with E-state index in [1.165, 1.54) is 0 Å². The van der Waals surface area contributed by atoms with Gasteiger partial charge in [-0.3, -0.25) is 0 Å². The molecule has 0 bridgehead atoms. The average molecular weight is 317 g/mol. The highest BCUT2D eigenvalue weighted by Crippen LogP contribution is 2.37. The highest BCUT2D eigenvalue weighted by molar-refractivity contribution is 6.30. The molecule has 2 unspecified atom stereocenters. The zero-order valence-electron chi connectivity index (χ0n) is 10.7. The lowest BCUT2D eigenvalue weighted by molar-refractivity contribution is -0.209. The van der Waals surface area contributed by atoms with Crippen LogP contribution in [0.5, 0.6) is 0 Å². The maximum absolute atomic E-state index is 14.3. The van der Waals surface area contributed by atoms with Crippen molar-refractivity contribution in [1.82, 2.24) is 9.97 Å². The fourth-order valence-electron chi connectivity index (χ4n) is 2.13. The topological polar surface area (TPSA) is 64.5 Å². The molecule has 0 amide bonds. The first-order valence-electron chi connectivity index (χ1n) is 6.21. The maximum atomic E-state index is 14.3. The van der Waals surface area contributed by atoms with Gasteiger partial charge < -0.3 is 14.6 Å². The Morgan fingerprint density at radius 2 is 1.95 bits per heavy atom. The lowest BCUT2D eigenvalue weighted by Crippen LogP contribution is -2.26. The molecule has 0 saturated carbocycles. The molecule has 0 spiro atoms. The minimum atomic E-state index is -3.34. The molecular formula is C13H11ClF2N2O3. The second kappa shape index (κ2) is 5.42. The summed E-state index contributed by atoms with van der Waals surface area (Å²) in [6, 6.07) is 6.62. The summed E-state index contributed by atoms with van der Waals surface area (Å²) in [5.74, 6) is -3.34. The van der Waals surface area contributed by atoms with Crippen LogP contribution >= 0.6 is 11.6 Å². The molecule has 112 valence electrons. The van der Waals surface area contributed by atoms with Gasteiger partial charge in [-0.05, 0) is 12.1 Å². The van der Waals surface area contributed by atoms with E-state index in [0.717, 1.165) is 0 Å². The molecule has 2 heterocycles. The molecule has 1 aromatic carbocycles. The van der Waals surface area contributed by atoms with Crippen LogP contribution in [0.2, 0.25) is 5.15 Å². The van der Waals surface area contributed by atoms with Crippen LogP contribution in [0.15, 0.2) is 24.3 Å². The number of nitrogens with zero attached hydrogens (tertiary/aromatic N) is 2. The van der Waals surface area contributed by atoms with Crippen molar-refractivity contribution in [2.75, 3.05) is 6.61 Å². The van der Waals surface area contributed by atoms with E-state index in [1.807, 2.05) is 0 Å². The number of halogens is 3. The minimum Gasteiger partial charge on any atom is -0.346 e. The summed E-state index contributed by atoms with van der Waals surface area (Å²) in [4.78, 5) is 7.84. The zero-order valence-corrected chi connectivity index (χ0v) is 11.4. The van der Waals surface area contributed by atoms with Gasteiger partial charge in [0, 0.05) is 6.42 Å². The van der Waals surface area contributed by atoms with Crippen LogP contribution in [-0.4, -0.2) is 34.3 Å². The molecule has 1 aliphatic heterocycles. The Balaban J connectivity index is 1.92. The van der Waals surface area contributed by atoms with Crippen molar-refractivity contribution >= 4 is 22.6 Å². The Morgan fingerprint density at radius 3 is 2.57 bits per heavy atom. The van der Waals surface area contributed by atoms with Crippen LogP contribution in [0.1, 0.15) is 12.1 Å². The van der Waals surface area contributed by atoms with Crippen LogP contribution in [0.4, 0.5) is 8.78 Å². The van der Waals surface area contributed by atoms with Gasteiger partial charge in [0.1, 0.15) is 5.69 Å². The van der Waals surface area contributed by atoms with Crippen LogP contribution in [0, 0.1) is 0 Å². The zero-order chi connectivity index (χ0) is 15.0. The highest BCUT2D eigenvalue weighted by Gasteiger charge is 2.42. The number of ether oxygens (including phenoxy) is 2. The fraction of sp³-hybridized carbons (Fsp3) is 0.385. The highest BCUT2D eigenvalue weighted by atomic mass is 35.5. The van der Waals surface area contributed by atoms with Gasteiger partial charge in [-0.15, -0.1) is 0 Å². The third-order valence-corrected chi connectivity index (χ3v) is 3.36. The molecule has 1 N–H and O–H groups in total. The summed E-state index contributed by atoms with van der Waals surface area (Å²) in [5.41, 5.74) is 0.172. The summed E-state index contributed by atoms with van der Waals surface area (Å²) < 4.78 is 38.1. The normalized spacial score (nSPS) is 22.9. The standard InChI is InChI=1S/C13H11ClF2N2O3/c14-11-10(17-8-3-1-2-4-9(8)18-11)13(15,16)5-7-6-20-12(19)21-7/h1-4,7,12,19H,5-6H2. The predicted molar refractivity (Wildman–Crippen MR) is 69.9 cm³/mol. The summed E-state index contributed by atoms with van der Waals surface area (Å²) in [6.45, 7) is -1.58. The molecule has 2 aromatic rings. The molecule has 1 aliphatic rings. The van der Waals surface area contributed by atoms with Crippen LogP contribution in [0.25, 0.3) is 11.0 Å². The van der Waals surface area contributed by atoms with E-state index < -0.39 is 30.6 Å². The van der Waals surface area contributed by atoms with Crippen LogP contribution < -0.4 is 0 Å². The average Bonchev–Trinajstić information content (AvgIpc) is 2.82. The van der Waals surface area contributed by atoms with Gasteiger partial charge in [0.15, 0.2) is 5.15 Å². The Bertz CT molecular complexity index is 671. The lowest BCUT2D eigenvalue weighted by atomic mass is 10.1. The number of rotatable bonds is 3. The number of hydrogen-bond acceptors (Lipinski definition) is 5. The SMILES string of the molecule is OC1OCC(CC(F)(F)c2nc3ccccc3nc2Cl)O1. The first-order chi connectivity index (χ1) is 9.95. The van der Waals surface area contributed by atoms with Gasteiger partial charge in [-0.2, -0.15) is 8.78 Å². The van der Waals surface area contributed by atoms with Crippen molar-refractivity contribution in [1.29, 1.82) is 0 Å². The van der Waals surface area contributed by atoms with E-state index in [9.17, 15) is 8.78 Å². The number of benzene rings is 1. The second-order valence-corrected chi connectivity index (χ2v) is 5.02. The summed E-state index contributed by atoms with van der Waals surface area (Å²) in [7, 11) is 0. The summed E-state index contributed by atoms with van der Waals surface area (Å²) in [5, 5.41) is 8.67. The van der Waals surface area contributed by atoms with Crippen molar-refractivity contribution in [3.05, 3.63) is 35.1 Å². The van der Waals surface area contributed by atoms with Gasteiger partial charge >= 0.3 is 0 Å². The van der Waals surface area contributed by atoms with E-state index in [2.05, 4.69) is 14.7 Å². The van der Waals surface area contributed by atoms with Gasteiger partial charge in [-0.1, -0.05) is 23.7 Å². The van der Waals surface area contributed by atoms with Crippen LogP contribution in [-0.2, 0) is 15.4 Å². The lowest BCUT2D eigenvalue weighted by Gasteiger charge is -2.19. The molecule has 0 aliphatic carbocycles. The van der Waals surface area contributed by atoms with E-state index in [1.54, 1.807) is 24.3 Å². The summed E-state index contributed by atoms with van der Waals surface area (Å²) in [6.07, 6.45) is -1.63. The Kier molecular flexibility index (Phi) is 3.75. The molecule has 1 fully saturated rings. The van der Waals surface area contributed by atoms with Crippen molar-refractivity contribution in [2.45, 2.75) is 24.9 Å². The van der Waals surface area contributed by atoms with Crippen LogP contribution in [0.3, 0.4) is 0 Å². The number of fused-ring (bicyclic) bond motifs is 1. The third kappa shape index (κ3) is 2.96. The van der Waals surface area contributed by atoms with E-state index in [4.69, 9.17) is 21.4 Å². The van der Waals surface area contributed by atoms with Gasteiger partial charge in [0.05, 0.1) is 23.7 Å². The number of hydrogen-bond donors (Lipinski definition) is 1. The first-order valence-corrected chi connectivity index (χ1v) is 6.59. The second-order valence-electron chi connectivity index (χ2n) is 4.66. The molecule has 1 saturated heterocycles. The van der Waals surface area contributed by atoms with Crippen molar-refractivity contribution in [3.8, 4) is 0 Å². The third-order valence-electron chi connectivity index (χ3n) is 3.09.